The molecule has 0 aliphatic carbocycles. The van der Waals surface area contributed by atoms with Crippen molar-refractivity contribution in [2.75, 3.05) is 5.32 Å². The van der Waals surface area contributed by atoms with Crippen LogP contribution in [0.2, 0.25) is 0 Å². The molecule has 0 aliphatic rings. The van der Waals surface area contributed by atoms with Gasteiger partial charge in [-0.05, 0) is 13.0 Å². The van der Waals surface area contributed by atoms with E-state index in [-0.39, 0.29) is 5.91 Å². The molecular formula is C12H13N3O2. The van der Waals surface area contributed by atoms with E-state index in [2.05, 4.69) is 15.3 Å². The van der Waals surface area contributed by atoms with Crippen LogP contribution in [0.4, 0.5) is 5.82 Å². The number of hydrogen-bond donors (Lipinski definition) is 1. The molecule has 0 radical (unpaired) electrons. The fourth-order valence-electron chi connectivity index (χ4n) is 1.48. The van der Waals surface area contributed by atoms with Crippen molar-refractivity contribution in [3.05, 3.63) is 41.7 Å². The topological polar surface area (TPSA) is 68.0 Å². The molecule has 5 nitrogen and oxygen atoms in total. The van der Waals surface area contributed by atoms with Crippen molar-refractivity contribution in [2.24, 2.45) is 0 Å². The first-order valence-corrected chi connectivity index (χ1v) is 5.37. The molecule has 1 amide bonds. The van der Waals surface area contributed by atoms with Crippen LogP contribution in [0, 0.1) is 6.92 Å². The Labute approximate surface area is 98.9 Å². The van der Waals surface area contributed by atoms with Crippen LogP contribution in [0.3, 0.4) is 0 Å². The Hall–Kier alpha value is -2.17. The van der Waals surface area contributed by atoms with E-state index in [4.69, 9.17) is 4.42 Å². The third-order valence-electron chi connectivity index (χ3n) is 2.33. The molecule has 2 aromatic heterocycles. The van der Waals surface area contributed by atoms with Gasteiger partial charge in [0.05, 0.1) is 6.20 Å². The molecule has 17 heavy (non-hydrogen) atoms. The van der Waals surface area contributed by atoms with Crippen molar-refractivity contribution in [3.8, 4) is 0 Å². The summed E-state index contributed by atoms with van der Waals surface area (Å²) in [6.07, 6.45) is 5.31. The Kier molecular flexibility index (Phi) is 3.18. The molecule has 0 bridgehead atoms. The molecule has 2 rings (SSSR count). The Balaban J connectivity index is 2.17. The van der Waals surface area contributed by atoms with Crippen LogP contribution >= 0.6 is 0 Å². The van der Waals surface area contributed by atoms with Crippen molar-refractivity contribution >= 4 is 11.7 Å². The largest absolute Gasteiger partial charge is 0.456 e. The Bertz CT molecular complexity index is 520. The maximum atomic E-state index is 11.9. The smallest absolute Gasteiger partial charge is 0.292 e. The zero-order chi connectivity index (χ0) is 12.3. The van der Waals surface area contributed by atoms with Crippen molar-refractivity contribution in [3.63, 3.8) is 0 Å². The van der Waals surface area contributed by atoms with Crippen LogP contribution in [0.15, 0.2) is 29.1 Å². The highest BCUT2D eigenvalue weighted by molar-refractivity contribution is 6.02. The van der Waals surface area contributed by atoms with E-state index in [1.807, 2.05) is 19.9 Å². The lowest BCUT2D eigenvalue weighted by Crippen LogP contribution is -2.13. The molecule has 2 aromatic rings. The summed E-state index contributed by atoms with van der Waals surface area (Å²) >= 11 is 0. The van der Waals surface area contributed by atoms with Crippen LogP contribution in [-0.2, 0) is 6.42 Å². The highest BCUT2D eigenvalue weighted by atomic mass is 16.4. The Morgan fingerprint density at radius 3 is 2.88 bits per heavy atom. The molecule has 2 heterocycles. The second-order valence-corrected chi connectivity index (χ2v) is 3.62. The fraction of sp³-hybridized carbons (Fsp3) is 0.250. The van der Waals surface area contributed by atoms with Gasteiger partial charge in [-0.25, -0.2) is 4.98 Å². The normalized spacial score (nSPS) is 10.2. The lowest BCUT2D eigenvalue weighted by molar-refractivity contribution is 0.0994. The van der Waals surface area contributed by atoms with Crippen LogP contribution < -0.4 is 5.32 Å². The number of rotatable bonds is 3. The third-order valence-corrected chi connectivity index (χ3v) is 2.33. The molecule has 88 valence electrons. The standard InChI is InChI=1S/C12H13N3O2/c1-3-9-6-8(2)11(17-9)12(16)15-10-7-13-4-5-14-10/h4-7H,3H2,1-2H3,(H,14,15,16). The van der Waals surface area contributed by atoms with Gasteiger partial charge in [0.2, 0.25) is 0 Å². The van der Waals surface area contributed by atoms with Crippen LogP contribution in [0.25, 0.3) is 0 Å². The minimum Gasteiger partial charge on any atom is -0.456 e. The second-order valence-electron chi connectivity index (χ2n) is 3.62. The summed E-state index contributed by atoms with van der Waals surface area (Å²) in [5, 5.41) is 2.63. The predicted octanol–water partition coefficient (Wildman–Crippen LogP) is 2.19. The van der Waals surface area contributed by atoms with E-state index in [0.717, 1.165) is 17.7 Å². The SMILES string of the molecule is CCc1cc(C)c(C(=O)Nc2cnccn2)o1. The molecule has 0 aliphatic heterocycles. The summed E-state index contributed by atoms with van der Waals surface area (Å²) in [7, 11) is 0. The summed E-state index contributed by atoms with van der Waals surface area (Å²) in [5.74, 6) is 1.23. The number of nitrogens with one attached hydrogen (secondary N) is 1. The van der Waals surface area contributed by atoms with Crippen molar-refractivity contribution < 1.29 is 9.21 Å². The summed E-state index contributed by atoms with van der Waals surface area (Å²) < 4.78 is 5.44. The summed E-state index contributed by atoms with van der Waals surface area (Å²) in [4.78, 5) is 19.7. The summed E-state index contributed by atoms with van der Waals surface area (Å²) in [6.45, 7) is 3.82. The Morgan fingerprint density at radius 2 is 2.29 bits per heavy atom. The van der Waals surface area contributed by atoms with E-state index in [1.165, 1.54) is 12.4 Å². The first kappa shape index (κ1) is 11.3. The van der Waals surface area contributed by atoms with E-state index < -0.39 is 0 Å². The van der Waals surface area contributed by atoms with Gasteiger partial charge in [-0.2, -0.15) is 0 Å². The first-order chi connectivity index (χ1) is 8.20. The molecule has 5 heteroatoms. The molecule has 0 saturated heterocycles. The van der Waals surface area contributed by atoms with Crippen molar-refractivity contribution in [1.29, 1.82) is 0 Å². The Morgan fingerprint density at radius 1 is 1.47 bits per heavy atom. The third kappa shape index (κ3) is 2.50. The maximum Gasteiger partial charge on any atom is 0.292 e. The quantitative estimate of drug-likeness (QED) is 0.879. The van der Waals surface area contributed by atoms with Gasteiger partial charge in [-0.1, -0.05) is 6.92 Å². The summed E-state index contributed by atoms with van der Waals surface area (Å²) in [5.41, 5.74) is 0.822. The summed E-state index contributed by atoms with van der Waals surface area (Å²) in [6, 6.07) is 1.87. The number of furan rings is 1. The number of aryl methyl sites for hydroxylation is 2. The molecule has 0 fully saturated rings. The van der Waals surface area contributed by atoms with Gasteiger partial charge in [-0.15, -0.1) is 0 Å². The number of anilines is 1. The van der Waals surface area contributed by atoms with Crippen molar-refractivity contribution in [1.82, 2.24) is 9.97 Å². The van der Waals surface area contributed by atoms with E-state index in [9.17, 15) is 4.79 Å². The monoisotopic (exact) mass is 231 g/mol. The van der Waals surface area contributed by atoms with E-state index >= 15 is 0 Å². The van der Waals surface area contributed by atoms with E-state index in [0.29, 0.717) is 11.6 Å². The lowest BCUT2D eigenvalue weighted by atomic mass is 10.2. The van der Waals surface area contributed by atoms with Gasteiger partial charge in [0, 0.05) is 24.4 Å². The molecule has 0 unspecified atom stereocenters. The van der Waals surface area contributed by atoms with Crippen LogP contribution in [0.5, 0.6) is 0 Å². The molecule has 0 saturated carbocycles. The zero-order valence-corrected chi connectivity index (χ0v) is 9.73. The second kappa shape index (κ2) is 4.78. The minimum absolute atomic E-state index is 0.303. The first-order valence-electron chi connectivity index (χ1n) is 5.37. The fourth-order valence-corrected chi connectivity index (χ4v) is 1.48. The molecular weight excluding hydrogens is 218 g/mol. The van der Waals surface area contributed by atoms with Gasteiger partial charge in [0.15, 0.2) is 11.6 Å². The van der Waals surface area contributed by atoms with Crippen LogP contribution in [-0.4, -0.2) is 15.9 Å². The minimum atomic E-state index is -0.303. The molecule has 0 spiro atoms. The highest BCUT2D eigenvalue weighted by Gasteiger charge is 2.15. The molecule has 0 atom stereocenters. The molecule has 0 aromatic carbocycles. The predicted molar refractivity (Wildman–Crippen MR) is 62.8 cm³/mol. The lowest BCUT2D eigenvalue weighted by Gasteiger charge is -2.01. The van der Waals surface area contributed by atoms with E-state index in [1.54, 1.807) is 6.20 Å². The van der Waals surface area contributed by atoms with Crippen LogP contribution in [0.1, 0.15) is 28.8 Å². The molecule has 1 N–H and O–H groups in total. The van der Waals surface area contributed by atoms with Gasteiger partial charge in [0.25, 0.3) is 5.91 Å². The van der Waals surface area contributed by atoms with Gasteiger partial charge < -0.3 is 9.73 Å². The van der Waals surface area contributed by atoms with Crippen molar-refractivity contribution in [2.45, 2.75) is 20.3 Å². The average Bonchev–Trinajstić information content (AvgIpc) is 2.72. The highest BCUT2D eigenvalue weighted by Crippen LogP contribution is 2.16. The number of aromatic nitrogens is 2. The number of amides is 1. The number of carbonyl (C=O) groups excluding carboxylic acids is 1. The van der Waals surface area contributed by atoms with Gasteiger partial charge >= 0.3 is 0 Å². The number of carbonyl (C=O) groups is 1. The maximum absolute atomic E-state index is 11.9. The van der Waals surface area contributed by atoms with Gasteiger partial charge in [-0.3, -0.25) is 9.78 Å². The average molecular weight is 231 g/mol. The zero-order valence-electron chi connectivity index (χ0n) is 9.73. The van der Waals surface area contributed by atoms with Gasteiger partial charge in [0.1, 0.15) is 5.76 Å². The number of hydrogen-bond acceptors (Lipinski definition) is 4. The number of nitrogens with zero attached hydrogens (tertiary/aromatic N) is 2.